The van der Waals surface area contributed by atoms with Crippen LogP contribution in [0.25, 0.3) is 55.0 Å². The molecular formula is C50H56N2O2. The molecule has 4 nitrogen and oxygen atoms in total. The molecule has 2 heterocycles. The van der Waals surface area contributed by atoms with Crippen molar-refractivity contribution < 1.29 is 0 Å². The molecule has 0 aliphatic rings. The Morgan fingerprint density at radius 3 is 1.00 bits per heavy atom. The summed E-state index contributed by atoms with van der Waals surface area (Å²) in [6.45, 7) is 13.5. The van der Waals surface area contributed by atoms with E-state index in [2.05, 4.69) is 99.2 Å². The maximum absolute atomic E-state index is 14.8. The highest BCUT2D eigenvalue weighted by molar-refractivity contribution is 6.05. The van der Waals surface area contributed by atoms with Crippen LogP contribution < -0.4 is 10.9 Å². The van der Waals surface area contributed by atoms with Gasteiger partial charge in [-0.15, -0.1) is 0 Å². The largest absolute Gasteiger partial charge is 0.308 e. The fourth-order valence-corrected chi connectivity index (χ4v) is 9.01. The van der Waals surface area contributed by atoms with Gasteiger partial charge in [0.1, 0.15) is 0 Å². The number of pyridine rings is 2. The van der Waals surface area contributed by atoms with E-state index in [-0.39, 0.29) is 10.9 Å². The minimum absolute atomic E-state index is 0.00320. The van der Waals surface area contributed by atoms with Crippen molar-refractivity contribution in [1.82, 2.24) is 9.13 Å². The van der Waals surface area contributed by atoms with Crippen LogP contribution in [0, 0.1) is 0 Å². The minimum atomic E-state index is 0.00320. The van der Waals surface area contributed by atoms with Crippen LogP contribution in [-0.2, 0) is 38.5 Å². The lowest BCUT2D eigenvalue weighted by atomic mass is 9.93. The summed E-state index contributed by atoms with van der Waals surface area (Å²) in [5.41, 5.74) is 13.7. The monoisotopic (exact) mass is 716 g/mol. The second-order valence-corrected chi connectivity index (χ2v) is 15.3. The normalized spacial score (nSPS) is 11.8. The zero-order chi connectivity index (χ0) is 37.9. The van der Waals surface area contributed by atoms with Crippen LogP contribution >= 0.6 is 0 Å². The summed E-state index contributed by atoms with van der Waals surface area (Å²) in [5, 5.41) is 2.68. The molecule has 4 heteroatoms. The van der Waals surface area contributed by atoms with Crippen molar-refractivity contribution >= 4 is 43.6 Å². The van der Waals surface area contributed by atoms with Gasteiger partial charge in [0.05, 0.1) is 33.4 Å². The molecule has 0 amide bonds. The molecule has 0 fully saturated rings. The lowest BCUT2D eigenvalue weighted by Crippen LogP contribution is -2.17. The molecule has 7 aromatic rings. The third kappa shape index (κ3) is 6.59. The Labute approximate surface area is 320 Å². The van der Waals surface area contributed by atoms with Gasteiger partial charge in [-0.3, -0.25) is 9.59 Å². The molecule has 0 aliphatic carbocycles. The molecule has 0 unspecified atom stereocenters. The summed E-state index contributed by atoms with van der Waals surface area (Å²) in [7, 11) is 0. The van der Waals surface area contributed by atoms with Crippen molar-refractivity contribution in [2.45, 2.75) is 119 Å². The first-order valence-corrected chi connectivity index (χ1v) is 20.7. The smallest absolute Gasteiger partial charge is 0.197 e. The van der Waals surface area contributed by atoms with Crippen LogP contribution in [0.5, 0.6) is 0 Å². The van der Waals surface area contributed by atoms with Gasteiger partial charge >= 0.3 is 0 Å². The van der Waals surface area contributed by atoms with Crippen molar-refractivity contribution in [3.8, 4) is 11.4 Å². The lowest BCUT2D eigenvalue weighted by Gasteiger charge is -2.25. The fourth-order valence-electron chi connectivity index (χ4n) is 9.01. The zero-order valence-corrected chi connectivity index (χ0v) is 33.3. The molecule has 5 aromatic carbocycles. The average Bonchev–Trinajstić information content (AvgIpc) is 3.17. The van der Waals surface area contributed by atoms with Crippen LogP contribution in [0.2, 0.25) is 0 Å². The van der Waals surface area contributed by atoms with Crippen molar-refractivity contribution in [3.63, 3.8) is 0 Å². The second kappa shape index (κ2) is 16.2. The van der Waals surface area contributed by atoms with E-state index in [9.17, 15) is 9.59 Å². The Morgan fingerprint density at radius 2 is 0.685 bits per heavy atom. The number of hydrogen-bond donors (Lipinski definition) is 0. The highest BCUT2D eigenvalue weighted by atomic mass is 16.1. The molecule has 0 bridgehead atoms. The Kier molecular flexibility index (Phi) is 11.2. The summed E-state index contributed by atoms with van der Waals surface area (Å²) in [5.74, 6) is 0. The minimum Gasteiger partial charge on any atom is -0.308 e. The number of aryl methyl sites for hydroxylation is 6. The van der Waals surface area contributed by atoms with Crippen molar-refractivity contribution in [1.29, 1.82) is 0 Å². The van der Waals surface area contributed by atoms with Gasteiger partial charge in [0.2, 0.25) is 0 Å². The molecule has 0 N–H and O–H groups in total. The Morgan fingerprint density at radius 1 is 0.370 bits per heavy atom. The summed E-state index contributed by atoms with van der Waals surface area (Å²) in [4.78, 5) is 29.7. The molecule has 7 rings (SSSR count). The van der Waals surface area contributed by atoms with Gasteiger partial charge in [0, 0.05) is 21.5 Å². The van der Waals surface area contributed by atoms with E-state index in [4.69, 9.17) is 0 Å². The van der Waals surface area contributed by atoms with Gasteiger partial charge < -0.3 is 9.13 Å². The lowest BCUT2D eigenvalue weighted by molar-refractivity contribution is 0.853. The molecule has 0 saturated carbocycles. The number of rotatable bonds is 14. The number of nitrogens with zero attached hydrogens (tertiary/aromatic N) is 2. The third-order valence-electron chi connectivity index (χ3n) is 11.1. The van der Waals surface area contributed by atoms with E-state index in [0.717, 1.165) is 99.1 Å². The number of hydrogen-bond acceptors (Lipinski definition) is 2. The van der Waals surface area contributed by atoms with Crippen molar-refractivity contribution in [3.05, 3.63) is 139 Å². The Bertz CT molecular complexity index is 2390. The molecule has 2 aromatic heterocycles. The number of aromatic nitrogens is 2. The van der Waals surface area contributed by atoms with E-state index >= 15 is 0 Å². The third-order valence-corrected chi connectivity index (χ3v) is 11.1. The van der Waals surface area contributed by atoms with E-state index in [1.165, 1.54) is 44.8 Å². The molecule has 54 heavy (non-hydrogen) atoms. The van der Waals surface area contributed by atoms with Crippen LogP contribution in [-0.4, -0.2) is 9.13 Å². The van der Waals surface area contributed by atoms with Crippen molar-refractivity contribution in [2.75, 3.05) is 0 Å². The van der Waals surface area contributed by atoms with Gasteiger partial charge in [-0.2, -0.15) is 0 Å². The first-order chi connectivity index (χ1) is 26.4. The molecular weight excluding hydrogens is 661 g/mol. The topological polar surface area (TPSA) is 44.0 Å². The van der Waals surface area contributed by atoms with Gasteiger partial charge in [0.15, 0.2) is 10.9 Å². The van der Waals surface area contributed by atoms with E-state index in [1.807, 2.05) is 36.4 Å². The molecule has 0 atom stereocenters. The van der Waals surface area contributed by atoms with Crippen molar-refractivity contribution in [2.24, 2.45) is 0 Å². The maximum atomic E-state index is 14.8. The summed E-state index contributed by atoms with van der Waals surface area (Å²) < 4.78 is 4.67. The van der Waals surface area contributed by atoms with Gasteiger partial charge in [-0.25, -0.2) is 0 Å². The number of para-hydroxylation sites is 2. The van der Waals surface area contributed by atoms with Crippen LogP contribution in [0.4, 0.5) is 0 Å². The summed E-state index contributed by atoms with van der Waals surface area (Å²) in [6, 6.07) is 29.8. The Hall–Kier alpha value is -4.96. The highest BCUT2D eigenvalue weighted by Gasteiger charge is 2.23. The van der Waals surface area contributed by atoms with Crippen LogP contribution in [0.3, 0.4) is 0 Å². The first kappa shape index (κ1) is 37.4. The predicted molar refractivity (Wildman–Crippen MR) is 232 cm³/mol. The average molecular weight is 717 g/mol. The van der Waals surface area contributed by atoms with E-state index in [1.54, 1.807) is 0 Å². The van der Waals surface area contributed by atoms with E-state index in [0.29, 0.717) is 21.5 Å². The molecule has 0 radical (unpaired) electrons. The summed E-state index contributed by atoms with van der Waals surface area (Å²) >= 11 is 0. The fraction of sp³-hybridized carbons (Fsp3) is 0.360. The second-order valence-electron chi connectivity index (χ2n) is 15.3. The van der Waals surface area contributed by atoms with Gasteiger partial charge in [0.25, 0.3) is 0 Å². The molecule has 0 aliphatic heterocycles. The first-order valence-electron chi connectivity index (χ1n) is 20.7. The standard InChI is InChI=1S/C50H56N2O2/c1-7-17-33-27-35(19-9-3)47(36(28-33)20-10-4)51-43-25-15-13-23-39(43)49(53)41-32-46-42(31-45(41)51)50(54)40-24-14-16-26-44(40)52(46)48-37(21-11-5)29-34(18-8-2)30-38(48)22-12-6/h13-16,23-32H,7-12,17-22H2,1-6H3. The zero-order valence-electron chi connectivity index (χ0n) is 33.3. The molecule has 0 saturated heterocycles. The number of fused-ring (bicyclic) bond motifs is 4. The molecule has 0 spiro atoms. The predicted octanol–water partition coefficient (Wildman–Crippen LogP) is 12.3. The quantitative estimate of drug-likeness (QED) is 0.105. The van der Waals surface area contributed by atoms with Crippen LogP contribution in [0.15, 0.2) is 94.5 Å². The van der Waals surface area contributed by atoms with Crippen LogP contribution in [0.1, 0.15) is 113 Å². The van der Waals surface area contributed by atoms with E-state index < -0.39 is 0 Å². The maximum Gasteiger partial charge on any atom is 0.197 e. The summed E-state index contributed by atoms with van der Waals surface area (Å²) in [6.07, 6.45) is 12.1. The highest BCUT2D eigenvalue weighted by Crippen LogP contribution is 2.36. The SMILES string of the molecule is CCCc1cc(CCC)c(-n2c3ccccc3c(=O)c3cc4c(cc32)c(=O)c2ccccc2n4-c2c(CCC)cc(CCC)cc2CCC)c(CCC)c1. The van der Waals surface area contributed by atoms with Gasteiger partial charge in [-0.05, 0) is 108 Å². The molecule has 278 valence electrons. The Balaban J connectivity index is 1.71. The number of benzene rings is 5. The van der Waals surface area contributed by atoms with Gasteiger partial charge in [-0.1, -0.05) is 129 Å².